The molecule has 0 aliphatic carbocycles. The van der Waals surface area contributed by atoms with Crippen LogP contribution in [0, 0.1) is 0 Å². The Morgan fingerprint density at radius 3 is 2.12 bits per heavy atom. The molecule has 0 radical (unpaired) electrons. The highest BCUT2D eigenvalue weighted by molar-refractivity contribution is 5.85. The van der Waals surface area contributed by atoms with Gasteiger partial charge in [0.2, 0.25) is 0 Å². The van der Waals surface area contributed by atoms with Crippen molar-refractivity contribution in [3.8, 4) is 0 Å². The number of hydrogen-bond donors (Lipinski definition) is 0. The third-order valence-corrected chi connectivity index (χ3v) is 1.46. The standard InChI is InChI=1S/C9H17N3O4.ClH/c1-4-15-8(13)10-11-9(14)16-7-5-6-12(2)3;/h4-7H2,1-3H3;1H. The highest BCUT2D eigenvalue weighted by atomic mass is 35.5. The number of carbonyl (C=O) groups excluding carboxylic acids is 2. The Kier molecular flexibility index (Phi) is 12.1. The summed E-state index contributed by atoms with van der Waals surface area (Å²) in [5, 5.41) is 6.04. The number of halogens is 1. The van der Waals surface area contributed by atoms with Gasteiger partial charge in [0.05, 0.1) is 13.2 Å². The van der Waals surface area contributed by atoms with Gasteiger partial charge >= 0.3 is 12.2 Å². The SMILES string of the molecule is CCOC(=O)N=NC(=O)OCCCN(C)C.Cl. The molecule has 100 valence electrons. The zero-order chi connectivity index (χ0) is 12.4. The van der Waals surface area contributed by atoms with Crippen LogP contribution in [0.5, 0.6) is 0 Å². The fourth-order valence-corrected chi connectivity index (χ4v) is 0.803. The quantitative estimate of drug-likeness (QED) is 0.563. The molecule has 0 aliphatic rings. The van der Waals surface area contributed by atoms with Gasteiger partial charge in [0.15, 0.2) is 0 Å². The van der Waals surface area contributed by atoms with Crippen LogP contribution in [0.15, 0.2) is 10.2 Å². The molecule has 0 fully saturated rings. The van der Waals surface area contributed by atoms with Crippen LogP contribution in [0.3, 0.4) is 0 Å². The highest BCUT2D eigenvalue weighted by Crippen LogP contribution is 1.92. The second-order valence-electron chi connectivity index (χ2n) is 3.17. The summed E-state index contributed by atoms with van der Waals surface area (Å²) in [7, 11) is 3.84. The van der Waals surface area contributed by atoms with E-state index in [-0.39, 0.29) is 25.6 Å². The zero-order valence-electron chi connectivity index (χ0n) is 10.2. The topological polar surface area (TPSA) is 80.6 Å². The average Bonchev–Trinajstić information content (AvgIpc) is 2.22. The van der Waals surface area contributed by atoms with Crippen LogP contribution in [0.4, 0.5) is 9.59 Å². The molecule has 0 rings (SSSR count). The summed E-state index contributed by atoms with van der Waals surface area (Å²) in [5.41, 5.74) is 0. The first-order valence-electron chi connectivity index (χ1n) is 4.96. The molecule has 0 aromatic heterocycles. The molecule has 0 spiro atoms. The van der Waals surface area contributed by atoms with E-state index in [9.17, 15) is 9.59 Å². The van der Waals surface area contributed by atoms with Crippen LogP contribution in [0.25, 0.3) is 0 Å². The minimum Gasteiger partial charge on any atom is -0.447 e. The lowest BCUT2D eigenvalue weighted by Gasteiger charge is -2.07. The Hall–Kier alpha value is -1.21. The van der Waals surface area contributed by atoms with Crippen molar-refractivity contribution in [1.29, 1.82) is 0 Å². The average molecular weight is 268 g/mol. The molecule has 0 saturated heterocycles. The Morgan fingerprint density at radius 2 is 1.65 bits per heavy atom. The van der Waals surface area contributed by atoms with Crippen LogP contribution < -0.4 is 0 Å². The lowest BCUT2D eigenvalue weighted by Crippen LogP contribution is -2.15. The predicted molar refractivity (Wildman–Crippen MR) is 63.6 cm³/mol. The van der Waals surface area contributed by atoms with E-state index in [0.29, 0.717) is 6.42 Å². The van der Waals surface area contributed by atoms with Gasteiger partial charge in [-0.25, -0.2) is 9.59 Å². The number of azo groups is 1. The molecular formula is C9H18ClN3O4. The fraction of sp³-hybridized carbons (Fsp3) is 0.778. The Labute approximate surface area is 107 Å². The molecule has 2 amide bonds. The Morgan fingerprint density at radius 1 is 1.12 bits per heavy atom. The summed E-state index contributed by atoms with van der Waals surface area (Å²) >= 11 is 0. The molecule has 17 heavy (non-hydrogen) atoms. The first-order valence-corrected chi connectivity index (χ1v) is 4.96. The van der Waals surface area contributed by atoms with E-state index in [4.69, 9.17) is 0 Å². The third-order valence-electron chi connectivity index (χ3n) is 1.46. The molecule has 0 bridgehead atoms. The van der Waals surface area contributed by atoms with Crippen molar-refractivity contribution >= 4 is 24.6 Å². The van der Waals surface area contributed by atoms with Crippen molar-refractivity contribution in [2.75, 3.05) is 33.9 Å². The van der Waals surface area contributed by atoms with E-state index in [1.165, 1.54) is 0 Å². The molecule has 0 aromatic rings. The van der Waals surface area contributed by atoms with Gasteiger partial charge in [-0.1, -0.05) is 10.2 Å². The summed E-state index contributed by atoms with van der Waals surface area (Å²) in [4.78, 5) is 23.5. The van der Waals surface area contributed by atoms with E-state index in [0.717, 1.165) is 6.54 Å². The number of hydrogen-bond acceptors (Lipinski definition) is 5. The number of ether oxygens (including phenoxy) is 2. The van der Waals surface area contributed by atoms with E-state index >= 15 is 0 Å². The number of nitrogens with zero attached hydrogens (tertiary/aromatic N) is 3. The lowest BCUT2D eigenvalue weighted by atomic mass is 10.4. The first kappa shape index (κ1) is 18.2. The van der Waals surface area contributed by atoms with Crippen LogP contribution in [-0.4, -0.2) is 50.9 Å². The Bertz CT molecular complexity index is 259. The predicted octanol–water partition coefficient (Wildman–Crippen LogP) is 2.11. The van der Waals surface area contributed by atoms with E-state index < -0.39 is 12.2 Å². The van der Waals surface area contributed by atoms with Crippen molar-refractivity contribution in [2.45, 2.75) is 13.3 Å². The first-order chi connectivity index (χ1) is 7.56. The number of rotatable bonds is 5. The minimum absolute atomic E-state index is 0. The molecule has 0 aliphatic heterocycles. The van der Waals surface area contributed by atoms with Crippen LogP contribution >= 0.6 is 12.4 Å². The molecule has 0 heterocycles. The molecule has 0 atom stereocenters. The lowest BCUT2D eigenvalue weighted by molar-refractivity contribution is 0.145. The second-order valence-corrected chi connectivity index (χ2v) is 3.17. The van der Waals surface area contributed by atoms with E-state index in [2.05, 4.69) is 19.7 Å². The minimum atomic E-state index is -0.896. The summed E-state index contributed by atoms with van der Waals surface area (Å²) in [5.74, 6) is 0. The van der Waals surface area contributed by atoms with Crippen molar-refractivity contribution in [2.24, 2.45) is 10.2 Å². The van der Waals surface area contributed by atoms with Gasteiger partial charge in [0.25, 0.3) is 0 Å². The van der Waals surface area contributed by atoms with Gasteiger partial charge in [-0.2, -0.15) is 0 Å². The molecule has 0 saturated carbocycles. The van der Waals surface area contributed by atoms with Gasteiger partial charge in [-0.15, -0.1) is 12.4 Å². The van der Waals surface area contributed by atoms with Crippen LogP contribution in [-0.2, 0) is 9.47 Å². The van der Waals surface area contributed by atoms with Gasteiger partial charge in [-0.05, 0) is 27.4 Å². The fourth-order valence-electron chi connectivity index (χ4n) is 0.803. The maximum Gasteiger partial charge on any atom is 0.452 e. The second kappa shape index (κ2) is 11.3. The molecule has 7 nitrogen and oxygen atoms in total. The van der Waals surface area contributed by atoms with Crippen LogP contribution in [0.1, 0.15) is 13.3 Å². The van der Waals surface area contributed by atoms with Gasteiger partial charge in [0, 0.05) is 6.54 Å². The third kappa shape index (κ3) is 12.7. The maximum atomic E-state index is 10.9. The number of carbonyl (C=O) groups is 2. The molecular weight excluding hydrogens is 250 g/mol. The van der Waals surface area contributed by atoms with E-state index in [1.807, 2.05) is 19.0 Å². The monoisotopic (exact) mass is 267 g/mol. The largest absolute Gasteiger partial charge is 0.452 e. The molecule has 8 heteroatoms. The smallest absolute Gasteiger partial charge is 0.447 e. The van der Waals surface area contributed by atoms with Gasteiger partial charge < -0.3 is 14.4 Å². The summed E-state index contributed by atoms with van der Waals surface area (Å²) in [6.45, 7) is 2.88. The summed E-state index contributed by atoms with van der Waals surface area (Å²) < 4.78 is 9.12. The van der Waals surface area contributed by atoms with Crippen LogP contribution in [0.2, 0.25) is 0 Å². The van der Waals surface area contributed by atoms with Crippen molar-refractivity contribution in [1.82, 2.24) is 4.90 Å². The molecule has 0 aromatic carbocycles. The highest BCUT2D eigenvalue weighted by Gasteiger charge is 2.02. The van der Waals surface area contributed by atoms with Crippen molar-refractivity contribution in [3.63, 3.8) is 0 Å². The zero-order valence-corrected chi connectivity index (χ0v) is 11.0. The van der Waals surface area contributed by atoms with E-state index in [1.54, 1.807) is 6.92 Å². The van der Waals surface area contributed by atoms with Gasteiger partial charge in [0.1, 0.15) is 0 Å². The summed E-state index contributed by atoms with van der Waals surface area (Å²) in [6, 6.07) is 0. The van der Waals surface area contributed by atoms with Crippen molar-refractivity contribution in [3.05, 3.63) is 0 Å². The van der Waals surface area contributed by atoms with Crippen molar-refractivity contribution < 1.29 is 19.1 Å². The normalized spacial score (nSPS) is 10.1. The molecule has 0 unspecified atom stereocenters. The molecule has 0 N–H and O–H groups in total. The Balaban J connectivity index is 0. The van der Waals surface area contributed by atoms with Gasteiger partial charge in [-0.3, -0.25) is 0 Å². The maximum absolute atomic E-state index is 10.9. The number of amides is 2. The summed E-state index contributed by atoms with van der Waals surface area (Å²) in [6.07, 6.45) is -1.08.